The first-order chi connectivity index (χ1) is 13.7. The number of aromatic nitrogens is 1. The molecule has 0 aliphatic rings. The Kier molecular flexibility index (Phi) is 5.84. The van der Waals surface area contributed by atoms with Gasteiger partial charge < -0.3 is 14.8 Å². The molecule has 9 heteroatoms. The predicted octanol–water partition coefficient (Wildman–Crippen LogP) is 4.27. The molecule has 0 aliphatic heterocycles. The topological polar surface area (TPSA) is 69.6 Å². The van der Waals surface area contributed by atoms with Gasteiger partial charge >= 0.3 is 5.57 Å². The highest BCUT2D eigenvalue weighted by Crippen LogP contribution is 2.26. The maximum absolute atomic E-state index is 12.6. The number of carbonyl (C=O) groups excluding carboxylic acids is 1. The SMILES string of the molecule is COc1ccc(-n2cc(C(=O)Nc3ccc(OC(F)(F)Cl)cc3)ccc2=O)cc1. The van der Waals surface area contributed by atoms with Crippen molar-refractivity contribution in [3.8, 4) is 17.2 Å². The van der Waals surface area contributed by atoms with Gasteiger partial charge in [-0.3, -0.25) is 14.2 Å². The molecule has 0 fully saturated rings. The summed E-state index contributed by atoms with van der Waals surface area (Å²) in [6, 6.07) is 14.7. The lowest BCUT2D eigenvalue weighted by Gasteiger charge is -2.12. The Morgan fingerprint density at radius 2 is 1.62 bits per heavy atom. The molecule has 0 saturated carbocycles. The third-order valence-corrected chi connectivity index (χ3v) is 3.95. The van der Waals surface area contributed by atoms with E-state index in [2.05, 4.69) is 10.1 Å². The van der Waals surface area contributed by atoms with Crippen LogP contribution in [0.15, 0.2) is 71.7 Å². The highest BCUT2D eigenvalue weighted by Gasteiger charge is 2.27. The quantitative estimate of drug-likeness (QED) is 0.605. The number of ether oxygens (including phenoxy) is 2. The Balaban J connectivity index is 1.78. The number of nitrogens with zero attached hydrogens (tertiary/aromatic N) is 1. The molecule has 0 atom stereocenters. The Bertz CT molecular complexity index is 1060. The number of pyridine rings is 1. The summed E-state index contributed by atoms with van der Waals surface area (Å²) in [5.41, 5.74) is -2.99. The van der Waals surface area contributed by atoms with Crippen molar-refractivity contribution in [2.75, 3.05) is 12.4 Å². The summed E-state index contributed by atoms with van der Waals surface area (Å²) in [5, 5.41) is 2.61. The number of hydrogen-bond acceptors (Lipinski definition) is 4. The molecule has 3 rings (SSSR count). The second-order valence-electron chi connectivity index (χ2n) is 5.85. The Morgan fingerprint density at radius 3 is 2.21 bits per heavy atom. The van der Waals surface area contributed by atoms with Gasteiger partial charge in [-0.15, -0.1) is 8.78 Å². The first-order valence-electron chi connectivity index (χ1n) is 8.29. The third kappa shape index (κ3) is 5.32. The average Bonchev–Trinajstić information content (AvgIpc) is 2.69. The van der Waals surface area contributed by atoms with Crippen LogP contribution in [-0.2, 0) is 0 Å². The van der Waals surface area contributed by atoms with Crippen LogP contribution in [0.4, 0.5) is 14.5 Å². The van der Waals surface area contributed by atoms with Gasteiger partial charge in [0.15, 0.2) is 0 Å². The van der Waals surface area contributed by atoms with E-state index >= 15 is 0 Å². The molecule has 1 N–H and O–H groups in total. The Morgan fingerprint density at radius 1 is 1.00 bits per heavy atom. The second-order valence-corrected chi connectivity index (χ2v) is 6.29. The summed E-state index contributed by atoms with van der Waals surface area (Å²) in [6.45, 7) is 0. The number of anilines is 1. The fraction of sp³-hybridized carbons (Fsp3) is 0.100. The zero-order valence-electron chi connectivity index (χ0n) is 15.1. The van der Waals surface area contributed by atoms with Crippen molar-refractivity contribution >= 4 is 23.2 Å². The van der Waals surface area contributed by atoms with Crippen molar-refractivity contribution in [1.82, 2.24) is 4.57 Å². The Hall–Kier alpha value is -3.39. The molecule has 1 aromatic heterocycles. The zero-order valence-corrected chi connectivity index (χ0v) is 15.8. The molecule has 0 spiro atoms. The molecule has 3 aromatic rings. The van der Waals surface area contributed by atoms with Gasteiger partial charge in [0.2, 0.25) is 0 Å². The molecule has 1 heterocycles. The molecule has 150 valence electrons. The summed E-state index contributed by atoms with van der Waals surface area (Å²) in [4.78, 5) is 24.7. The van der Waals surface area contributed by atoms with Crippen molar-refractivity contribution < 1.29 is 23.0 Å². The molecule has 1 amide bonds. The molecule has 2 aromatic carbocycles. The minimum atomic E-state index is -3.82. The molecular weight excluding hydrogens is 406 g/mol. The van der Waals surface area contributed by atoms with Gasteiger partial charge in [0.1, 0.15) is 11.5 Å². The normalized spacial score (nSPS) is 11.0. The van der Waals surface area contributed by atoms with E-state index in [1.165, 1.54) is 54.3 Å². The number of amides is 1. The molecule has 0 aliphatic carbocycles. The van der Waals surface area contributed by atoms with Crippen LogP contribution in [0.5, 0.6) is 11.5 Å². The number of nitrogens with one attached hydrogen (secondary N) is 1. The minimum absolute atomic E-state index is 0.156. The number of hydrogen-bond donors (Lipinski definition) is 1. The molecule has 0 bridgehead atoms. The first-order valence-corrected chi connectivity index (χ1v) is 8.67. The summed E-state index contributed by atoms with van der Waals surface area (Å²) in [7, 11) is 1.53. The lowest BCUT2D eigenvalue weighted by molar-refractivity contribution is -0.0964. The van der Waals surface area contributed by atoms with E-state index in [-0.39, 0.29) is 16.9 Å². The number of methoxy groups -OCH3 is 1. The predicted molar refractivity (Wildman–Crippen MR) is 104 cm³/mol. The monoisotopic (exact) mass is 420 g/mol. The van der Waals surface area contributed by atoms with Gasteiger partial charge in [-0.1, -0.05) is 0 Å². The van der Waals surface area contributed by atoms with Gasteiger partial charge in [0, 0.05) is 35.2 Å². The van der Waals surface area contributed by atoms with Crippen LogP contribution in [0.3, 0.4) is 0 Å². The van der Waals surface area contributed by atoms with E-state index in [1.54, 1.807) is 24.3 Å². The zero-order chi connectivity index (χ0) is 21.0. The molecular formula is C20H15ClF2N2O4. The van der Waals surface area contributed by atoms with Gasteiger partial charge in [-0.2, -0.15) is 0 Å². The third-order valence-electron chi connectivity index (χ3n) is 3.87. The fourth-order valence-corrected chi connectivity index (χ4v) is 2.60. The van der Waals surface area contributed by atoms with Crippen molar-refractivity contribution in [1.29, 1.82) is 0 Å². The van der Waals surface area contributed by atoms with E-state index in [1.807, 2.05) is 0 Å². The standard InChI is InChI=1S/C20H15ClF2N2O4/c1-28-16-9-5-15(6-10-16)25-12-13(2-11-18(25)26)19(27)24-14-3-7-17(8-4-14)29-20(21,22)23/h2-12H,1H3,(H,24,27). The summed E-state index contributed by atoms with van der Waals surface area (Å²) >= 11 is 4.71. The summed E-state index contributed by atoms with van der Waals surface area (Å²) in [6.07, 6.45) is 1.41. The van der Waals surface area contributed by atoms with Crippen LogP contribution in [0.2, 0.25) is 0 Å². The van der Waals surface area contributed by atoms with Crippen molar-refractivity contribution in [3.63, 3.8) is 0 Å². The maximum atomic E-state index is 12.6. The molecule has 0 radical (unpaired) electrons. The maximum Gasteiger partial charge on any atom is 0.487 e. The van der Waals surface area contributed by atoms with Crippen molar-refractivity contribution in [2.45, 2.75) is 5.57 Å². The lowest BCUT2D eigenvalue weighted by Crippen LogP contribution is -2.20. The molecule has 0 saturated heterocycles. The second kappa shape index (κ2) is 8.32. The van der Waals surface area contributed by atoms with Crippen LogP contribution >= 0.6 is 11.6 Å². The molecule has 0 unspecified atom stereocenters. The van der Waals surface area contributed by atoms with Crippen LogP contribution in [0.25, 0.3) is 5.69 Å². The number of alkyl halides is 3. The van der Waals surface area contributed by atoms with Crippen molar-refractivity contribution in [3.05, 3.63) is 82.8 Å². The van der Waals surface area contributed by atoms with Gasteiger partial charge in [0.25, 0.3) is 11.5 Å². The summed E-state index contributed by atoms with van der Waals surface area (Å²) in [5.74, 6) is -0.00490. The van der Waals surface area contributed by atoms with E-state index in [0.717, 1.165) is 0 Å². The highest BCUT2D eigenvalue weighted by atomic mass is 35.5. The van der Waals surface area contributed by atoms with Crippen molar-refractivity contribution in [2.24, 2.45) is 0 Å². The smallest absolute Gasteiger partial charge is 0.487 e. The largest absolute Gasteiger partial charge is 0.497 e. The van der Waals surface area contributed by atoms with Crippen LogP contribution in [0, 0.1) is 0 Å². The van der Waals surface area contributed by atoms with E-state index in [9.17, 15) is 18.4 Å². The van der Waals surface area contributed by atoms with Crippen LogP contribution < -0.4 is 20.3 Å². The number of rotatable bonds is 6. The lowest BCUT2D eigenvalue weighted by atomic mass is 10.2. The summed E-state index contributed by atoms with van der Waals surface area (Å²) < 4.78 is 35.9. The van der Waals surface area contributed by atoms with E-state index in [0.29, 0.717) is 17.1 Å². The average molecular weight is 421 g/mol. The number of halogens is 3. The van der Waals surface area contributed by atoms with Crippen LogP contribution in [-0.4, -0.2) is 23.2 Å². The first kappa shape index (κ1) is 20.3. The number of benzene rings is 2. The van der Waals surface area contributed by atoms with Gasteiger partial charge in [0.05, 0.1) is 12.7 Å². The van der Waals surface area contributed by atoms with Crippen LogP contribution in [0.1, 0.15) is 10.4 Å². The molecule has 29 heavy (non-hydrogen) atoms. The van der Waals surface area contributed by atoms with Gasteiger partial charge in [-0.25, -0.2) is 0 Å². The van der Waals surface area contributed by atoms with E-state index < -0.39 is 11.5 Å². The molecule has 6 nitrogen and oxygen atoms in total. The Labute approximate surface area is 169 Å². The van der Waals surface area contributed by atoms with Gasteiger partial charge in [-0.05, 0) is 54.6 Å². The minimum Gasteiger partial charge on any atom is -0.497 e. The highest BCUT2D eigenvalue weighted by molar-refractivity contribution is 6.20. The van der Waals surface area contributed by atoms with E-state index in [4.69, 9.17) is 16.3 Å². The number of carbonyl (C=O) groups is 1. The fourth-order valence-electron chi connectivity index (χ4n) is 2.51.